The van der Waals surface area contributed by atoms with Crippen molar-refractivity contribution in [3.8, 4) is 0 Å². The number of aliphatic hydroxyl groups is 1. The lowest BCUT2D eigenvalue weighted by atomic mass is 10.6. The van der Waals surface area contributed by atoms with Crippen LogP contribution >= 0.6 is 0 Å². The van der Waals surface area contributed by atoms with Crippen molar-refractivity contribution in [2.45, 2.75) is 13.5 Å². The molecule has 0 amide bonds. The lowest BCUT2D eigenvalue weighted by Gasteiger charge is -2.06. The highest BCUT2D eigenvalue weighted by Crippen LogP contribution is 2.09. The zero-order valence-corrected chi connectivity index (χ0v) is 6.69. The van der Waals surface area contributed by atoms with Crippen LogP contribution in [-0.4, -0.2) is 26.5 Å². The van der Waals surface area contributed by atoms with Crippen LogP contribution in [-0.2, 0) is 11.5 Å². The molecule has 0 atom stereocenters. The highest BCUT2D eigenvalue weighted by atomic mass is 17.2. The SMILES string of the molecule is Cc1ncc(NOO)n1CCO. The predicted molar refractivity (Wildman–Crippen MR) is 41.4 cm³/mol. The van der Waals surface area contributed by atoms with Gasteiger partial charge in [-0.15, -0.1) is 4.99 Å². The molecule has 0 aliphatic carbocycles. The first kappa shape index (κ1) is 8.98. The van der Waals surface area contributed by atoms with Gasteiger partial charge in [-0.2, -0.15) is 0 Å². The molecule has 0 aromatic carbocycles. The fourth-order valence-corrected chi connectivity index (χ4v) is 0.979. The number of hydrogen-bond donors (Lipinski definition) is 3. The van der Waals surface area contributed by atoms with Gasteiger partial charge in [-0.1, -0.05) is 0 Å². The summed E-state index contributed by atoms with van der Waals surface area (Å²) in [5, 5.41) is 16.8. The summed E-state index contributed by atoms with van der Waals surface area (Å²) >= 11 is 0. The van der Waals surface area contributed by atoms with Crippen molar-refractivity contribution in [2.24, 2.45) is 0 Å². The molecule has 0 fully saturated rings. The number of rotatable bonds is 4. The van der Waals surface area contributed by atoms with Gasteiger partial charge in [0.25, 0.3) is 0 Å². The van der Waals surface area contributed by atoms with Crippen molar-refractivity contribution < 1.29 is 15.4 Å². The molecule has 1 aromatic rings. The van der Waals surface area contributed by atoms with Crippen LogP contribution in [0.5, 0.6) is 0 Å². The Hall–Kier alpha value is -1.11. The highest BCUT2D eigenvalue weighted by Gasteiger charge is 2.04. The second-order valence-corrected chi connectivity index (χ2v) is 2.26. The zero-order chi connectivity index (χ0) is 8.97. The Morgan fingerprint density at radius 2 is 2.50 bits per heavy atom. The maximum Gasteiger partial charge on any atom is 0.153 e. The minimum Gasteiger partial charge on any atom is -0.395 e. The molecule has 1 rings (SSSR count). The van der Waals surface area contributed by atoms with Gasteiger partial charge >= 0.3 is 0 Å². The third kappa shape index (κ3) is 1.73. The molecule has 0 unspecified atom stereocenters. The van der Waals surface area contributed by atoms with E-state index < -0.39 is 0 Å². The molecule has 12 heavy (non-hydrogen) atoms. The monoisotopic (exact) mass is 173 g/mol. The molecule has 0 bridgehead atoms. The first-order valence-electron chi connectivity index (χ1n) is 3.49. The van der Waals surface area contributed by atoms with Crippen LogP contribution in [0.25, 0.3) is 0 Å². The normalized spacial score (nSPS) is 10.2. The Balaban J connectivity index is 2.80. The minimum absolute atomic E-state index is 0.0112. The van der Waals surface area contributed by atoms with Gasteiger partial charge in [0.1, 0.15) is 5.82 Å². The number of anilines is 1. The van der Waals surface area contributed by atoms with E-state index in [2.05, 4.69) is 15.5 Å². The standard InChI is InChI=1S/C6H11N3O3/c1-5-7-4-6(8-12-11)9(5)2-3-10/h4,8,10-11H,2-3H2,1H3. The predicted octanol–water partition coefficient (Wildman–Crippen LogP) is 0.000320. The van der Waals surface area contributed by atoms with Crippen molar-refractivity contribution in [1.29, 1.82) is 0 Å². The topological polar surface area (TPSA) is 79.5 Å². The molecule has 1 heterocycles. The molecule has 6 heteroatoms. The summed E-state index contributed by atoms with van der Waals surface area (Å²) in [6.45, 7) is 2.22. The fraction of sp³-hybridized carbons (Fsp3) is 0.500. The van der Waals surface area contributed by atoms with Gasteiger partial charge in [0.15, 0.2) is 5.82 Å². The van der Waals surface area contributed by atoms with Gasteiger partial charge in [0, 0.05) is 6.54 Å². The Bertz CT molecular complexity index is 248. The minimum atomic E-state index is 0.0112. The van der Waals surface area contributed by atoms with Crippen LogP contribution in [0.1, 0.15) is 5.82 Å². The number of imidazole rings is 1. The van der Waals surface area contributed by atoms with E-state index in [1.165, 1.54) is 6.20 Å². The van der Waals surface area contributed by atoms with E-state index in [0.29, 0.717) is 12.4 Å². The van der Waals surface area contributed by atoms with Crippen LogP contribution in [0.4, 0.5) is 5.82 Å². The van der Waals surface area contributed by atoms with Gasteiger partial charge in [-0.25, -0.2) is 15.7 Å². The Morgan fingerprint density at radius 3 is 3.08 bits per heavy atom. The molecule has 6 nitrogen and oxygen atoms in total. The van der Waals surface area contributed by atoms with Gasteiger partial charge in [0.05, 0.1) is 12.8 Å². The molecule has 0 aliphatic heterocycles. The largest absolute Gasteiger partial charge is 0.395 e. The highest BCUT2D eigenvalue weighted by molar-refractivity contribution is 5.31. The summed E-state index contributed by atoms with van der Waals surface area (Å²) in [5.74, 6) is 1.24. The van der Waals surface area contributed by atoms with Gasteiger partial charge < -0.3 is 9.67 Å². The van der Waals surface area contributed by atoms with Gasteiger partial charge in [-0.05, 0) is 6.92 Å². The molecular formula is C6H11N3O3. The van der Waals surface area contributed by atoms with E-state index in [4.69, 9.17) is 10.4 Å². The van der Waals surface area contributed by atoms with Crippen molar-refractivity contribution >= 4 is 5.82 Å². The summed E-state index contributed by atoms with van der Waals surface area (Å²) in [7, 11) is 0. The summed E-state index contributed by atoms with van der Waals surface area (Å²) in [5.41, 5.74) is 2.23. The number of hydrogen-bond acceptors (Lipinski definition) is 5. The van der Waals surface area contributed by atoms with Crippen LogP contribution in [0, 0.1) is 6.92 Å². The Labute approximate surface area is 69.3 Å². The van der Waals surface area contributed by atoms with E-state index in [1.54, 1.807) is 11.5 Å². The third-order valence-corrected chi connectivity index (χ3v) is 1.53. The van der Waals surface area contributed by atoms with E-state index >= 15 is 0 Å². The van der Waals surface area contributed by atoms with Gasteiger partial charge in [0.2, 0.25) is 0 Å². The maximum absolute atomic E-state index is 8.68. The first-order chi connectivity index (χ1) is 5.79. The third-order valence-electron chi connectivity index (χ3n) is 1.53. The summed E-state index contributed by atoms with van der Waals surface area (Å²) in [4.78, 5) is 7.69. The molecule has 0 saturated carbocycles. The second kappa shape index (κ2) is 4.05. The van der Waals surface area contributed by atoms with E-state index in [0.717, 1.165) is 5.82 Å². The first-order valence-corrected chi connectivity index (χ1v) is 3.49. The quantitative estimate of drug-likeness (QED) is 0.441. The van der Waals surface area contributed by atoms with Crippen molar-refractivity contribution in [1.82, 2.24) is 9.55 Å². The molecule has 3 N–H and O–H groups in total. The second-order valence-electron chi connectivity index (χ2n) is 2.26. The van der Waals surface area contributed by atoms with Crippen LogP contribution in [0.15, 0.2) is 6.20 Å². The zero-order valence-electron chi connectivity index (χ0n) is 6.69. The Kier molecular flexibility index (Phi) is 3.03. The molecule has 1 aromatic heterocycles. The maximum atomic E-state index is 8.68. The fourth-order valence-electron chi connectivity index (χ4n) is 0.979. The summed E-state index contributed by atoms with van der Waals surface area (Å²) in [6.07, 6.45) is 1.50. The lowest BCUT2D eigenvalue weighted by Crippen LogP contribution is -2.09. The molecule has 0 spiro atoms. The number of nitrogens with zero attached hydrogens (tertiary/aromatic N) is 2. The molecule has 0 saturated heterocycles. The van der Waals surface area contributed by atoms with E-state index in [-0.39, 0.29) is 6.61 Å². The average molecular weight is 173 g/mol. The number of nitrogens with one attached hydrogen (secondary N) is 1. The summed E-state index contributed by atoms with van der Waals surface area (Å²) in [6, 6.07) is 0. The van der Waals surface area contributed by atoms with Crippen LogP contribution < -0.4 is 5.48 Å². The van der Waals surface area contributed by atoms with E-state index in [9.17, 15) is 0 Å². The smallest absolute Gasteiger partial charge is 0.153 e. The molecular weight excluding hydrogens is 162 g/mol. The molecule has 68 valence electrons. The summed E-state index contributed by atoms with van der Waals surface area (Å²) < 4.78 is 1.68. The van der Waals surface area contributed by atoms with E-state index in [1.807, 2.05) is 0 Å². The Morgan fingerprint density at radius 1 is 1.75 bits per heavy atom. The molecule has 0 radical (unpaired) electrons. The lowest BCUT2D eigenvalue weighted by molar-refractivity contribution is -0.216. The van der Waals surface area contributed by atoms with Crippen LogP contribution in [0.3, 0.4) is 0 Å². The van der Waals surface area contributed by atoms with Crippen LogP contribution in [0.2, 0.25) is 0 Å². The van der Waals surface area contributed by atoms with Crippen molar-refractivity contribution in [2.75, 3.05) is 12.1 Å². The number of aryl methyl sites for hydroxylation is 1. The number of aliphatic hydroxyl groups excluding tert-OH is 1. The van der Waals surface area contributed by atoms with Crippen molar-refractivity contribution in [3.63, 3.8) is 0 Å². The van der Waals surface area contributed by atoms with Crippen molar-refractivity contribution in [3.05, 3.63) is 12.0 Å². The average Bonchev–Trinajstić information content (AvgIpc) is 2.37. The number of aromatic nitrogens is 2. The van der Waals surface area contributed by atoms with Gasteiger partial charge in [-0.3, -0.25) is 0 Å². The molecule has 0 aliphatic rings.